The molecule has 1 aliphatic rings. The summed E-state index contributed by atoms with van der Waals surface area (Å²) in [6, 6.07) is -1.21. The van der Waals surface area contributed by atoms with Gasteiger partial charge in [0, 0.05) is 25.6 Å². The first-order valence-electron chi connectivity index (χ1n) is 5.47. The van der Waals surface area contributed by atoms with Crippen LogP contribution in [0.2, 0.25) is 0 Å². The number of carbonyl (C=O) groups excluding carboxylic acids is 1. The van der Waals surface area contributed by atoms with Crippen molar-refractivity contribution in [1.29, 1.82) is 0 Å². The molecule has 0 aromatic heterocycles. The molecule has 6 heteroatoms. The first-order valence-corrected chi connectivity index (χ1v) is 5.47. The van der Waals surface area contributed by atoms with E-state index in [0.717, 1.165) is 12.8 Å². The Hall–Kier alpha value is -1.30. The first kappa shape index (κ1) is 12.8. The van der Waals surface area contributed by atoms with Gasteiger partial charge in [0.25, 0.3) is 0 Å². The number of urea groups is 1. The Labute approximate surface area is 94.2 Å². The maximum absolute atomic E-state index is 11.7. The van der Waals surface area contributed by atoms with Crippen molar-refractivity contribution in [1.82, 2.24) is 10.2 Å². The molecular weight excluding hydrogens is 212 g/mol. The van der Waals surface area contributed by atoms with Gasteiger partial charge in [-0.1, -0.05) is 0 Å². The van der Waals surface area contributed by atoms with E-state index in [-0.39, 0.29) is 25.1 Å². The van der Waals surface area contributed by atoms with Gasteiger partial charge in [-0.3, -0.25) is 0 Å². The van der Waals surface area contributed by atoms with Gasteiger partial charge in [-0.25, -0.2) is 9.59 Å². The summed E-state index contributed by atoms with van der Waals surface area (Å²) in [5, 5.41) is 19.9. The number of aliphatic hydroxyl groups is 1. The second kappa shape index (κ2) is 5.69. The van der Waals surface area contributed by atoms with E-state index in [1.54, 1.807) is 4.90 Å². The van der Waals surface area contributed by atoms with Crippen molar-refractivity contribution < 1.29 is 19.8 Å². The van der Waals surface area contributed by atoms with Crippen LogP contribution in [-0.4, -0.2) is 52.3 Å². The fraction of sp³-hybridized carbons (Fsp3) is 0.800. The highest BCUT2D eigenvalue weighted by Crippen LogP contribution is 2.16. The number of carboxylic acids is 1. The van der Waals surface area contributed by atoms with E-state index in [9.17, 15) is 9.59 Å². The van der Waals surface area contributed by atoms with Gasteiger partial charge >= 0.3 is 12.0 Å². The summed E-state index contributed by atoms with van der Waals surface area (Å²) in [7, 11) is 0. The topological polar surface area (TPSA) is 89.9 Å². The Kier molecular flexibility index (Phi) is 4.54. The van der Waals surface area contributed by atoms with Gasteiger partial charge in [0.05, 0.1) is 0 Å². The molecule has 0 aromatic rings. The molecule has 1 aliphatic heterocycles. The zero-order chi connectivity index (χ0) is 12.1. The quantitative estimate of drug-likeness (QED) is 0.635. The van der Waals surface area contributed by atoms with Gasteiger partial charge in [0.1, 0.15) is 6.04 Å². The van der Waals surface area contributed by atoms with Crippen LogP contribution in [0, 0.1) is 0 Å². The molecule has 1 saturated heterocycles. The van der Waals surface area contributed by atoms with E-state index in [1.165, 1.54) is 0 Å². The van der Waals surface area contributed by atoms with Crippen LogP contribution in [0.25, 0.3) is 0 Å². The Morgan fingerprint density at radius 1 is 1.56 bits per heavy atom. The Morgan fingerprint density at radius 2 is 2.25 bits per heavy atom. The SMILES string of the molecule is CC1CCCN1C(=O)NC(CCO)C(=O)O. The van der Waals surface area contributed by atoms with E-state index < -0.39 is 12.0 Å². The number of amides is 2. The minimum atomic E-state index is -1.12. The van der Waals surface area contributed by atoms with Gasteiger partial charge in [0.2, 0.25) is 0 Å². The lowest BCUT2D eigenvalue weighted by Crippen LogP contribution is -2.49. The van der Waals surface area contributed by atoms with Crippen molar-refractivity contribution in [3.8, 4) is 0 Å². The highest BCUT2D eigenvalue weighted by Gasteiger charge is 2.28. The zero-order valence-corrected chi connectivity index (χ0v) is 9.35. The average Bonchev–Trinajstić information content (AvgIpc) is 2.63. The standard InChI is InChI=1S/C10H18N2O4/c1-7-3-2-5-12(7)10(16)11-8(4-6-13)9(14)15/h7-8,13H,2-6H2,1H3,(H,11,16)(H,14,15). The monoisotopic (exact) mass is 230 g/mol. The number of hydrogen-bond acceptors (Lipinski definition) is 3. The molecule has 0 saturated carbocycles. The molecule has 0 aliphatic carbocycles. The number of aliphatic hydroxyl groups excluding tert-OH is 1. The minimum absolute atomic E-state index is 0.0310. The third kappa shape index (κ3) is 3.10. The summed E-state index contributed by atoms with van der Waals surface area (Å²) in [4.78, 5) is 24.1. The molecule has 2 unspecified atom stereocenters. The molecule has 1 rings (SSSR count). The van der Waals surface area contributed by atoms with E-state index in [1.807, 2.05) is 6.92 Å². The van der Waals surface area contributed by atoms with Gasteiger partial charge in [-0.05, 0) is 19.8 Å². The fourth-order valence-electron chi connectivity index (χ4n) is 1.85. The van der Waals surface area contributed by atoms with Crippen molar-refractivity contribution in [2.24, 2.45) is 0 Å². The molecule has 0 spiro atoms. The third-order valence-corrected chi connectivity index (χ3v) is 2.83. The van der Waals surface area contributed by atoms with Crippen molar-refractivity contribution in [3.05, 3.63) is 0 Å². The fourth-order valence-corrected chi connectivity index (χ4v) is 1.85. The number of nitrogens with zero attached hydrogens (tertiary/aromatic N) is 1. The summed E-state index contributed by atoms with van der Waals surface area (Å²) in [6.07, 6.45) is 1.93. The summed E-state index contributed by atoms with van der Waals surface area (Å²) >= 11 is 0. The highest BCUT2D eigenvalue weighted by atomic mass is 16.4. The molecule has 3 N–H and O–H groups in total. The lowest BCUT2D eigenvalue weighted by Gasteiger charge is -2.24. The number of aliphatic carboxylic acids is 1. The second-order valence-corrected chi connectivity index (χ2v) is 4.04. The first-order chi connectivity index (χ1) is 7.56. The average molecular weight is 230 g/mol. The van der Waals surface area contributed by atoms with E-state index in [4.69, 9.17) is 10.2 Å². The Bertz CT molecular complexity index is 270. The van der Waals surface area contributed by atoms with Crippen LogP contribution in [0.4, 0.5) is 4.79 Å². The van der Waals surface area contributed by atoms with Gasteiger partial charge in [-0.2, -0.15) is 0 Å². The molecule has 16 heavy (non-hydrogen) atoms. The molecule has 0 radical (unpaired) electrons. The van der Waals surface area contributed by atoms with Gasteiger partial charge in [-0.15, -0.1) is 0 Å². The number of carboxylic acid groups (broad SMARTS) is 1. The predicted molar refractivity (Wildman–Crippen MR) is 57.1 cm³/mol. The van der Waals surface area contributed by atoms with E-state index in [2.05, 4.69) is 5.32 Å². The van der Waals surface area contributed by atoms with Crippen molar-refractivity contribution in [3.63, 3.8) is 0 Å². The minimum Gasteiger partial charge on any atom is -0.480 e. The van der Waals surface area contributed by atoms with Crippen LogP contribution in [0.3, 0.4) is 0 Å². The largest absolute Gasteiger partial charge is 0.480 e. The lowest BCUT2D eigenvalue weighted by atomic mass is 10.2. The molecule has 2 amide bonds. The molecule has 0 aromatic carbocycles. The number of likely N-dealkylation sites (tertiary alicyclic amines) is 1. The maximum Gasteiger partial charge on any atom is 0.326 e. The third-order valence-electron chi connectivity index (χ3n) is 2.83. The van der Waals surface area contributed by atoms with Crippen molar-refractivity contribution in [2.75, 3.05) is 13.2 Å². The maximum atomic E-state index is 11.7. The van der Waals surface area contributed by atoms with Crippen LogP contribution >= 0.6 is 0 Å². The number of rotatable bonds is 4. The lowest BCUT2D eigenvalue weighted by molar-refractivity contribution is -0.139. The van der Waals surface area contributed by atoms with Gasteiger partial charge in [0.15, 0.2) is 0 Å². The van der Waals surface area contributed by atoms with Crippen LogP contribution in [0.1, 0.15) is 26.2 Å². The second-order valence-electron chi connectivity index (χ2n) is 4.04. The number of hydrogen-bond donors (Lipinski definition) is 3. The molecular formula is C10H18N2O4. The Balaban J connectivity index is 2.50. The molecule has 1 fully saturated rings. The van der Waals surface area contributed by atoms with E-state index >= 15 is 0 Å². The molecule has 1 heterocycles. The van der Waals surface area contributed by atoms with Crippen LogP contribution in [0.15, 0.2) is 0 Å². The molecule has 0 bridgehead atoms. The van der Waals surface area contributed by atoms with Crippen molar-refractivity contribution in [2.45, 2.75) is 38.3 Å². The molecule has 2 atom stereocenters. The Morgan fingerprint density at radius 3 is 2.69 bits per heavy atom. The normalized spacial score (nSPS) is 21.9. The van der Waals surface area contributed by atoms with Crippen LogP contribution in [0.5, 0.6) is 0 Å². The molecule has 6 nitrogen and oxygen atoms in total. The van der Waals surface area contributed by atoms with Crippen molar-refractivity contribution >= 4 is 12.0 Å². The van der Waals surface area contributed by atoms with E-state index in [0.29, 0.717) is 6.54 Å². The predicted octanol–water partition coefficient (Wildman–Crippen LogP) is 0.0159. The summed E-state index contributed by atoms with van der Waals surface area (Å²) < 4.78 is 0. The zero-order valence-electron chi connectivity index (χ0n) is 9.35. The summed E-state index contributed by atoms with van der Waals surface area (Å²) in [5.74, 6) is -1.12. The summed E-state index contributed by atoms with van der Waals surface area (Å²) in [6.45, 7) is 2.35. The highest BCUT2D eigenvalue weighted by molar-refractivity contribution is 5.82. The van der Waals surface area contributed by atoms with Crippen LogP contribution < -0.4 is 5.32 Å². The molecule has 92 valence electrons. The summed E-state index contributed by atoms with van der Waals surface area (Å²) in [5.41, 5.74) is 0. The number of carbonyl (C=O) groups is 2. The smallest absolute Gasteiger partial charge is 0.326 e. The van der Waals surface area contributed by atoms with Crippen LogP contribution in [-0.2, 0) is 4.79 Å². The number of nitrogens with one attached hydrogen (secondary N) is 1. The van der Waals surface area contributed by atoms with Gasteiger partial charge < -0.3 is 20.4 Å².